The predicted octanol–water partition coefficient (Wildman–Crippen LogP) is 5.29. The first-order chi connectivity index (χ1) is 9.77. The summed E-state index contributed by atoms with van der Waals surface area (Å²) in [6.07, 6.45) is 0. The van der Waals surface area contributed by atoms with E-state index in [-0.39, 0.29) is 11.2 Å². The van der Waals surface area contributed by atoms with Gasteiger partial charge < -0.3 is 4.74 Å². The molecule has 0 aliphatic heterocycles. The largest absolute Gasteiger partial charge is 0.457 e. The number of carbonyl (C=O) groups excluding carboxylic acids is 1. The summed E-state index contributed by atoms with van der Waals surface area (Å²) >= 11 is 0. The third-order valence-corrected chi connectivity index (χ3v) is 3.51. The molecule has 0 saturated carbocycles. The van der Waals surface area contributed by atoms with Gasteiger partial charge in [0.25, 0.3) is 0 Å². The number of benzene rings is 2. The lowest BCUT2D eigenvalue weighted by molar-refractivity contribution is 0.101. The van der Waals surface area contributed by atoms with Crippen LogP contribution in [0.5, 0.6) is 11.5 Å². The van der Waals surface area contributed by atoms with Gasteiger partial charge in [-0.15, -0.1) is 0 Å². The van der Waals surface area contributed by atoms with E-state index in [1.165, 1.54) is 5.56 Å². The second-order valence-corrected chi connectivity index (χ2v) is 6.42. The van der Waals surface area contributed by atoms with Gasteiger partial charge in [0.1, 0.15) is 11.5 Å². The maximum atomic E-state index is 11.4. The summed E-state index contributed by atoms with van der Waals surface area (Å²) in [5, 5.41) is 0. The van der Waals surface area contributed by atoms with Gasteiger partial charge in [-0.1, -0.05) is 45.0 Å². The lowest BCUT2D eigenvalue weighted by Gasteiger charge is -2.20. The van der Waals surface area contributed by atoms with Crippen molar-refractivity contribution in [3.8, 4) is 11.5 Å². The molecule has 0 fully saturated rings. The quantitative estimate of drug-likeness (QED) is 0.715. The molecule has 0 bridgehead atoms. The standard InChI is InChI=1S/C19H22O2/c1-13-11-16(19(3,4)5)9-10-18(13)21-17-8-6-7-15(12-17)14(2)20/h6-12H,1-5H3. The van der Waals surface area contributed by atoms with Gasteiger partial charge in [-0.2, -0.15) is 0 Å². The van der Waals surface area contributed by atoms with Gasteiger partial charge >= 0.3 is 0 Å². The molecule has 21 heavy (non-hydrogen) atoms. The molecule has 0 aliphatic rings. The second-order valence-electron chi connectivity index (χ2n) is 6.42. The Bertz CT molecular complexity index is 664. The normalized spacial score (nSPS) is 11.3. The Hall–Kier alpha value is -2.09. The van der Waals surface area contributed by atoms with E-state index >= 15 is 0 Å². The molecular weight excluding hydrogens is 260 g/mol. The highest BCUT2D eigenvalue weighted by Crippen LogP contribution is 2.30. The van der Waals surface area contributed by atoms with Crippen molar-refractivity contribution >= 4 is 5.78 Å². The molecule has 2 aromatic carbocycles. The van der Waals surface area contributed by atoms with Crippen LogP contribution in [-0.2, 0) is 5.41 Å². The summed E-state index contributed by atoms with van der Waals surface area (Å²) in [7, 11) is 0. The van der Waals surface area contributed by atoms with E-state index in [1.807, 2.05) is 25.1 Å². The Morgan fingerprint density at radius 3 is 2.33 bits per heavy atom. The van der Waals surface area contributed by atoms with E-state index in [4.69, 9.17) is 4.74 Å². The summed E-state index contributed by atoms with van der Waals surface area (Å²) < 4.78 is 5.92. The molecule has 2 aromatic rings. The number of Topliss-reactive ketones (excluding diaryl/α,β-unsaturated/α-hetero) is 1. The van der Waals surface area contributed by atoms with Gasteiger partial charge in [0.05, 0.1) is 0 Å². The van der Waals surface area contributed by atoms with Gasteiger partial charge in [-0.05, 0) is 48.6 Å². The maximum absolute atomic E-state index is 11.4. The topological polar surface area (TPSA) is 26.3 Å². The Morgan fingerprint density at radius 1 is 1.05 bits per heavy atom. The molecule has 0 aromatic heterocycles. The van der Waals surface area contributed by atoms with Crippen LogP contribution >= 0.6 is 0 Å². The molecule has 0 atom stereocenters. The van der Waals surface area contributed by atoms with E-state index in [0.29, 0.717) is 11.3 Å². The van der Waals surface area contributed by atoms with Gasteiger partial charge in [-0.25, -0.2) is 0 Å². The Labute approximate surface area is 126 Å². The molecule has 0 unspecified atom stereocenters. The van der Waals surface area contributed by atoms with Crippen molar-refractivity contribution in [2.45, 2.75) is 40.0 Å². The molecule has 0 aliphatic carbocycles. The van der Waals surface area contributed by atoms with Crippen LogP contribution in [0, 0.1) is 6.92 Å². The van der Waals surface area contributed by atoms with Crippen molar-refractivity contribution in [2.24, 2.45) is 0 Å². The Morgan fingerprint density at radius 2 is 1.76 bits per heavy atom. The van der Waals surface area contributed by atoms with Crippen molar-refractivity contribution < 1.29 is 9.53 Å². The molecule has 2 rings (SSSR count). The number of hydrogen-bond donors (Lipinski definition) is 0. The number of ketones is 1. The SMILES string of the molecule is CC(=O)c1cccc(Oc2ccc(C(C)(C)C)cc2C)c1. The third-order valence-electron chi connectivity index (χ3n) is 3.51. The Kier molecular flexibility index (Phi) is 4.17. The van der Waals surface area contributed by atoms with Crippen LogP contribution in [-0.4, -0.2) is 5.78 Å². The van der Waals surface area contributed by atoms with Crippen LogP contribution in [0.3, 0.4) is 0 Å². The molecule has 0 saturated heterocycles. The minimum atomic E-state index is 0.0419. The zero-order valence-corrected chi connectivity index (χ0v) is 13.4. The van der Waals surface area contributed by atoms with Gasteiger partial charge in [0.15, 0.2) is 5.78 Å². The Balaban J connectivity index is 2.28. The van der Waals surface area contributed by atoms with Crippen LogP contribution in [0.2, 0.25) is 0 Å². The zero-order chi connectivity index (χ0) is 15.6. The predicted molar refractivity (Wildman–Crippen MR) is 86.4 cm³/mol. The summed E-state index contributed by atoms with van der Waals surface area (Å²) in [5.41, 5.74) is 3.16. The van der Waals surface area contributed by atoms with E-state index in [9.17, 15) is 4.79 Å². The molecule has 0 amide bonds. The highest BCUT2D eigenvalue weighted by atomic mass is 16.5. The summed E-state index contributed by atoms with van der Waals surface area (Å²) in [6, 6.07) is 13.5. The smallest absolute Gasteiger partial charge is 0.159 e. The van der Waals surface area contributed by atoms with Crippen LogP contribution < -0.4 is 4.74 Å². The average Bonchev–Trinajstić information content (AvgIpc) is 2.40. The lowest BCUT2D eigenvalue weighted by atomic mass is 9.86. The molecule has 2 heteroatoms. The number of carbonyl (C=O) groups is 1. The zero-order valence-electron chi connectivity index (χ0n) is 13.4. The van der Waals surface area contributed by atoms with Crippen molar-refractivity contribution in [1.82, 2.24) is 0 Å². The van der Waals surface area contributed by atoms with E-state index in [1.54, 1.807) is 19.1 Å². The first-order valence-electron chi connectivity index (χ1n) is 7.17. The van der Waals surface area contributed by atoms with Gasteiger partial charge in [-0.3, -0.25) is 4.79 Å². The third kappa shape index (κ3) is 3.72. The number of hydrogen-bond acceptors (Lipinski definition) is 2. The first-order valence-corrected chi connectivity index (χ1v) is 7.17. The summed E-state index contributed by atoms with van der Waals surface area (Å²) in [6.45, 7) is 10.2. The molecule has 0 heterocycles. The van der Waals surface area contributed by atoms with Crippen LogP contribution in [0.25, 0.3) is 0 Å². The van der Waals surface area contributed by atoms with Crippen molar-refractivity contribution in [3.63, 3.8) is 0 Å². The summed E-state index contributed by atoms with van der Waals surface area (Å²) in [4.78, 5) is 11.4. The van der Waals surface area contributed by atoms with Crippen LogP contribution in [0.1, 0.15) is 49.2 Å². The number of aryl methyl sites for hydroxylation is 1. The fraction of sp³-hybridized carbons (Fsp3) is 0.316. The fourth-order valence-corrected chi connectivity index (χ4v) is 2.14. The molecule has 2 nitrogen and oxygen atoms in total. The minimum absolute atomic E-state index is 0.0419. The van der Waals surface area contributed by atoms with Crippen molar-refractivity contribution in [3.05, 3.63) is 59.2 Å². The van der Waals surface area contributed by atoms with E-state index < -0.39 is 0 Å². The van der Waals surface area contributed by atoms with Gasteiger partial charge in [0.2, 0.25) is 0 Å². The lowest BCUT2D eigenvalue weighted by Crippen LogP contribution is -2.11. The number of rotatable bonds is 3. The van der Waals surface area contributed by atoms with E-state index in [2.05, 4.69) is 32.9 Å². The summed E-state index contributed by atoms with van der Waals surface area (Å²) in [5.74, 6) is 1.55. The maximum Gasteiger partial charge on any atom is 0.159 e. The van der Waals surface area contributed by atoms with Crippen molar-refractivity contribution in [1.29, 1.82) is 0 Å². The van der Waals surface area contributed by atoms with Gasteiger partial charge in [0, 0.05) is 5.56 Å². The number of ether oxygens (including phenoxy) is 1. The highest BCUT2D eigenvalue weighted by molar-refractivity contribution is 5.94. The molecule has 0 N–H and O–H groups in total. The van der Waals surface area contributed by atoms with Crippen LogP contribution in [0.4, 0.5) is 0 Å². The van der Waals surface area contributed by atoms with E-state index in [0.717, 1.165) is 11.3 Å². The second kappa shape index (κ2) is 5.72. The van der Waals surface area contributed by atoms with Crippen LogP contribution in [0.15, 0.2) is 42.5 Å². The molecule has 0 radical (unpaired) electrons. The minimum Gasteiger partial charge on any atom is -0.457 e. The monoisotopic (exact) mass is 282 g/mol. The highest BCUT2D eigenvalue weighted by Gasteiger charge is 2.15. The first kappa shape index (κ1) is 15.3. The fourth-order valence-electron chi connectivity index (χ4n) is 2.14. The molecular formula is C19H22O2. The molecule has 110 valence electrons. The van der Waals surface area contributed by atoms with Crippen molar-refractivity contribution in [2.75, 3.05) is 0 Å². The molecule has 0 spiro atoms. The average molecular weight is 282 g/mol.